The van der Waals surface area contributed by atoms with Gasteiger partial charge in [0.2, 0.25) is 0 Å². The van der Waals surface area contributed by atoms with Crippen LogP contribution in [0.3, 0.4) is 0 Å². The summed E-state index contributed by atoms with van der Waals surface area (Å²) in [7, 11) is 1.63. The molecule has 0 atom stereocenters. The molecule has 0 unspecified atom stereocenters. The number of fused-ring (bicyclic) bond motifs is 1. The summed E-state index contributed by atoms with van der Waals surface area (Å²) in [5, 5.41) is 11.5. The first-order valence-electron chi connectivity index (χ1n) is 7.44. The summed E-state index contributed by atoms with van der Waals surface area (Å²) in [6, 6.07) is 0. The number of nitrogens with one attached hydrogen (secondary N) is 1. The Bertz CT molecular complexity index is 617. The van der Waals surface area contributed by atoms with Crippen molar-refractivity contribution in [3.05, 3.63) is 18.1 Å². The van der Waals surface area contributed by atoms with Gasteiger partial charge in [0.15, 0.2) is 0 Å². The molecule has 2 N–H and O–H groups in total. The number of anilines is 1. The Balaban J connectivity index is 1.87. The largest absolute Gasteiger partial charge is 0.387 e. The molecule has 0 bridgehead atoms. The highest BCUT2D eigenvalue weighted by atomic mass is 16.5. The highest BCUT2D eigenvalue weighted by Gasteiger charge is 2.33. The molecule has 0 radical (unpaired) electrons. The van der Waals surface area contributed by atoms with Gasteiger partial charge in [-0.15, -0.1) is 0 Å². The number of aryl methyl sites for hydroxylation is 1. The first-order chi connectivity index (χ1) is 10.2. The highest BCUT2D eigenvalue weighted by molar-refractivity contribution is 5.90. The molecule has 1 fully saturated rings. The molecule has 0 saturated carbocycles. The van der Waals surface area contributed by atoms with E-state index >= 15 is 0 Å². The molecule has 3 rings (SSSR count). The Kier molecular flexibility index (Phi) is 3.82. The molecule has 21 heavy (non-hydrogen) atoms. The van der Waals surface area contributed by atoms with E-state index in [4.69, 9.17) is 4.74 Å². The van der Waals surface area contributed by atoms with Crippen molar-refractivity contribution >= 4 is 16.9 Å². The zero-order valence-corrected chi connectivity index (χ0v) is 12.6. The second-order valence-corrected chi connectivity index (χ2v) is 5.73. The molecule has 3 heterocycles. The van der Waals surface area contributed by atoms with Crippen LogP contribution in [0.15, 0.2) is 12.5 Å². The van der Waals surface area contributed by atoms with Gasteiger partial charge in [0.1, 0.15) is 17.8 Å². The van der Waals surface area contributed by atoms with E-state index in [0.29, 0.717) is 19.4 Å². The number of nitrogens with zero attached hydrogens (tertiary/aromatic N) is 3. The normalized spacial score (nSPS) is 18.3. The van der Waals surface area contributed by atoms with Crippen LogP contribution in [0, 0.1) is 0 Å². The van der Waals surface area contributed by atoms with Crippen molar-refractivity contribution in [2.75, 3.05) is 31.7 Å². The van der Waals surface area contributed by atoms with Crippen molar-refractivity contribution in [1.82, 2.24) is 15.0 Å². The van der Waals surface area contributed by atoms with Crippen LogP contribution in [0.25, 0.3) is 11.0 Å². The minimum Gasteiger partial charge on any atom is -0.387 e. The number of hydrogen-bond acceptors (Lipinski definition) is 5. The molecule has 0 aromatic carbocycles. The van der Waals surface area contributed by atoms with E-state index in [1.807, 2.05) is 6.20 Å². The molecule has 2 aromatic heterocycles. The van der Waals surface area contributed by atoms with Crippen LogP contribution in [-0.2, 0) is 11.2 Å². The lowest BCUT2D eigenvalue weighted by molar-refractivity contribution is -0.0472. The summed E-state index contributed by atoms with van der Waals surface area (Å²) in [6.45, 7) is 4.08. The number of ether oxygens (including phenoxy) is 1. The molecule has 114 valence electrons. The van der Waals surface area contributed by atoms with Gasteiger partial charge in [0.05, 0.1) is 17.6 Å². The van der Waals surface area contributed by atoms with Crippen molar-refractivity contribution in [3.63, 3.8) is 0 Å². The van der Waals surface area contributed by atoms with Crippen LogP contribution in [0.4, 0.5) is 5.82 Å². The number of piperidine rings is 1. The van der Waals surface area contributed by atoms with Gasteiger partial charge in [-0.1, -0.05) is 6.92 Å². The lowest BCUT2D eigenvalue weighted by atomic mass is 9.92. The number of H-pyrrole nitrogens is 1. The monoisotopic (exact) mass is 290 g/mol. The third-order valence-corrected chi connectivity index (χ3v) is 4.32. The Labute approximate surface area is 124 Å². The number of hydrogen-bond donors (Lipinski definition) is 2. The molecule has 1 aliphatic heterocycles. The lowest BCUT2D eigenvalue weighted by Gasteiger charge is -2.38. The smallest absolute Gasteiger partial charge is 0.143 e. The van der Waals surface area contributed by atoms with Gasteiger partial charge in [-0.25, -0.2) is 9.97 Å². The average molecular weight is 290 g/mol. The van der Waals surface area contributed by atoms with Crippen molar-refractivity contribution < 1.29 is 9.84 Å². The minimum absolute atomic E-state index is 0.393. The number of aliphatic hydroxyl groups is 1. The summed E-state index contributed by atoms with van der Waals surface area (Å²) in [4.78, 5) is 14.2. The minimum atomic E-state index is -0.705. The lowest BCUT2D eigenvalue weighted by Crippen LogP contribution is -2.47. The molecule has 1 saturated heterocycles. The Morgan fingerprint density at radius 1 is 1.38 bits per heavy atom. The molecule has 1 aliphatic rings. The van der Waals surface area contributed by atoms with E-state index in [0.717, 1.165) is 36.4 Å². The zero-order valence-electron chi connectivity index (χ0n) is 12.6. The standard InChI is InChI=1S/C15H22N4O2/c1-3-11-8-16-13-12(11)14(18-10-17-13)19-6-4-15(20,5-7-19)9-21-2/h8,10,20H,3-7,9H2,1-2H3,(H,16,17,18). The van der Waals surface area contributed by atoms with Gasteiger partial charge in [-0.05, 0) is 24.8 Å². The quantitative estimate of drug-likeness (QED) is 0.892. The highest BCUT2D eigenvalue weighted by Crippen LogP contribution is 2.31. The molecular formula is C15H22N4O2. The molecule has 0 amide bonds. The third-order valence-electron chi connectivity index (χ3n) is 4.32. The van der Waals surface area contributed by atoms with Crippen molar-refractivity contribution in [3.8, 4) is 0 Å². The number of aromatic nitrogens is 3. The molecule has 2 aromatic rings. The van der Waals surface area contributed by atoms with E-state index in [1.165, 1.54) is 5.56 Å². The van der Waals surface area contributed by atoms with Gasteiger partial charge in [0.25, 0.3) is 0 Å². The number of methoxy groups -OCH3 is 1. The fourth-order valence-electron chi connectivity index (χ4n) is 3.08. The van der Waals surface area contributed by atoms with Gasteiger partial charge in [-0.3, -0.25) is 0 Å². The molecule has 6 nitrogen and oxygen atoms in total. The Hall–Kier alpha value is -1.66. The van der Waals surface area contributed by atoms with Gasteiger partial charge in [-0.2, -0.15) is 0 Å². The second-order valence-electron chi connectivity index (χ2n) is 5.73. The fourth-order valence-corrected chi connectivity index (χ4v) is 3.08. The van der Waals surface area contributed by atoms with E-state index in [1.54, 1.807) is 13.4 Å². The summed E-state index contributed by atoms with van der Waals surface area (Å²) in [5.74, 6) is 0.970. The van der Waals surface area contributed by atoms with E-state index < -0.39 is 5.60 Å². The summed E-state index contributed by atoms with van der Waals surface area (Å²) >= 11 is 0. The van der Waals surface area contributed by atoms with Crippen LogP contribution in [0.1, 0.15) is 25.3 Å². The van der Waals surface area contributed by atoms with Crippen molar-refractivity contribution in [2.45, 2.75) is 31.8 Å². The first kappa shape index (κ1) is 14.3. The first-order valence-corrected chi connectivity index (χ1v) is 7.44. The summed E-state index contributed by atoms with van der Waals surface area (Å²) < 4.78 is 5.12. The fraction of sp³-hybridized carbons (Fsp3) is 0.600. The van der Waals surface area contributed by atoms with Crippen LogP contribution in [-0.4, -0.2) is 52.5 Å². The summed E-state index contributed by atoms with van der Waals surface area (Å²) in [6.07, 6.45) is 5.94. The maximum Gasteiger partial charge on any atom is 0.143 e. The zero-order chi connectivity index (χ0) is 14.9. The molecule has 0 aliphatic carbocycles. The van der Waals surface area contributed by atoms with Crippen molar-refractivity contribution in [1.29, 1.82) is 0 Å². The number of rotatable bonds is 4. The van der Waals surface area contributed by atoms with Crippen LogP contribution in [0.2, 0.25) is 0 Å². The predicted molar refractivity (Wildman–Crippen MR) is 81.5 cm³/mol. The predicted octanol–water partition coefficient (Wildman–Crippen LogP) is 1.50. The van der Waals surface area contributed by atoms with Gasteiger partial charge >= 0.3 is 0 Å². The van der Waals surface area contributed by atoms with Crippen LogP contribution in [0.5, 0.6) is 0 Å². The van der Waals surface area contributed by atoms with Crippen molar-refractivity contribution in [2.24, 2.45) is 0 Å². The van der Waals surface area contributed by atoms with Gasteiger partial charge in [0, 0.05) is 26.4 Å². The summed E-state index contributed by atoms with van der Waals surface area (Å²) in [5.41, 5.74) is 1.41. The molecule has 0 spiro atoms. The molecular weight excluding hydrogens is 268 g/mol. The van der Waals surface area contributed by atoms with Crippen LogP contribution >= 0.6 is 0 Å². The maximum absolute atomic E-state index is 10.4. The van der Waals surface area contributed by atoms with Crippen LogP contribution < -0.4 is 4.90 Å². The van der Waals surface area contributed by atoms with Gasteiger partial charge < -0.3 is 19.7 Å². The SMILES string of the molecule is CCc1c[nH]c2ncnc(N3CCC(O)(COC)CC3)c12. The van der Waals surface area contributed by atoms with E-state index in [2.05, 4.69) is 26.8 Å². The Morgan fingerprint density at radius 3 is 2.81 bits per heavy atom. The van der Waals surface area contributed by atoms with E-state index in [-0.39, 0.29) is 0 Å². The maximum atomic E-state index is 10.4. The topological polar surface area (TPSA) is 74.3 Å². The molecule has 6 heteroatoms. The average Bonchev–Trinajstić information content (AvgIpc) is 2.91. The Morgan fingerprint density at radius 2 is 2.14 bits per heavy atom. The third kappa shape index (κ3) is 2.61. The van der Waals surface area contributed by atoms with E-state index in [9.17, 15) is 5.11 Å². The second kappa shape index (κ2) is 5.61. The number of aromatic amines is 1.